The van der Waals surface area contributed by atoms with E-state index in [-0.39, 0.29) is 5.69 Å². The molecule has 0 heterocycles. The molecule has 114 valence electrons. The third-order valence-corrected chi connectivity index (χ3v) is 3.44. The number of hydrogen-bond donors (Lipinski definition) is 1. The lowest BCUT2D eigenvalue weighted by Crippen LogP contribution is -2.26. The van der Waals surface area contributed by atoms with E-state index in [1.54, 1.807) is 31.1 Å². The van der Waals surface area contributed by atoms with Crippen LogP contribution in [0.1, 0.15) is 31.4 Å². The maximum absolute atomic E-state index is 13.2. The molecule has 5 heteroatoms. The van der Waals surface area contributed by atoms with Crippen LogP contribution in [0.4, 0.5) is 18.9 Å². The Hall–Kier alpha value is -1.23. The van der Waals surface area contributed by atoms with E-state index in [0.29, 0.717) is 24.6 Å². The first-order chi connectivity index (χ1) is 9.29. The van der Waals surface area contributed by atoms with Crippen molar-refractivity contribution >= 4 is 5.69 Å². The number of nitrogens with one attached hydrogen (secondary N) is 1. The molecule has 1 aromatic rings. The Morgan fingerprint density at radius 2 is 1.95 bits per heavy atom. The minimum absolute atomic E-state index is 0.248. The third kappa shape index (κ3) is 4.40. The number of benzene rings is 1. The van der Waals surface area contributed by atoms with Gasteiger partial charge in [-0.05, 0) is 30.7 Å². The van der Waals surface area contributed by atoms with Crippen molar-refractivity contribution in [3.8, 4) is 0 Å². The Labute approximate surface area is 119 Å². The van der Waals surface area contributed by atoms with Crippen LogP contribution in [0.3, 0.4) is 0 Å². The van der Waals surface area contributed by atoms with Crippen LogP contribution in [0.25, 0.3) is 0 Å². The zero-order valence-electron chi connectivity index (χ0n) is 12.5. The van der Waals surface area contributed by atoms with Crippen molar-refractivity contribution in [2.75, 3.05) is 25.5 Å². The summed E-state index contributed by atoms with van der Waals surface area (Å²) in [6.07, 6.45) is -3.38. The van der Waals surface area contributed by atoms with Gasteiger partial charge in [0.2, 0.25) is 0 Å². The molecule has 0 spiro atoms. The minimum atomic E-state index is -4.33. The number of rotatable bonds is 6. The van der Waals surface area contributed by atoms with E-state index in [1.807, 2.05) is 13.8 Å². The number of alkyl halides is 3. The molecule has 0 saturated carbocycles. The lowest BCUT2D eigenvalue weighted by atomic mass is 10.0. The average Bonchev–Trinajstić information content (AvgIpc) is 2.37. The molecular weight excluding hydrogens is 265 g/mol. The molecular formula is C15H23F3N2. The van der Waals surface area contributed by atoms with Gasteiger partial charge in [-0.15, -0.1) is 0 Å². The van der Waals surface area contributed by atoms with Gasteiger partial charge in [-0.3, -0.25) is 0 Å². The predicted molar refractivity (Wildman–Crippen MR) is 76.9 cm³/mol. The van der Waals surface area contributed by atoms with Gasteiger partial charge in [-0.1, -0.05) is 26.3 Å². The van der Waals surface area contributed by atoms with E-state index in [9.17, 15) is 13.2 Å². The lowest BCUT2D eigenvalue weighted by Gasteiger charge is -2.26. The topological polar surface area (TPSA) is 15.3 Å². The van der Waals surface area contributed by atoms with Crippen molar-refractivity contribution in [1.29, 1.82) is 0 Å². The quantitative estimate of drug-likeness (QED) is 0.854. The molecule has 0 bridgehead atoms. The SMILES string of the molecule is CCC(C)CN(C)c1ccc(CNC)cc1C(F)(F)F. The highest BCUT2D eigenvalue weighted by molar-refractivity contribution is 5.56. The second kappa shape index (κ2) is 6.97. The van der Waals surface area contributed by atoms with Gasteiger partial charge in [-0.2, -0.15) is 13.2 Å². The summed E-state index contributed by atoms with van der Waals surface area (Å²) in [7, 11) is 3.44. The van der Waals surface area contributed by atoms with Crippen LogP contribution in [0.15, 0.2) is 18.2 Å². The molecule has 0 radical (unpaired) electrons. The Balaban J connectivity index is 3.11. The van der Waals surface area contributed by atoms with Crippen molar-refractivity contribution in [2.24, 2.45) is 5.92 Å². The fourth-order valence-electron chi connectivity index (χ4n) is 2.15. The predicted octanol–water partition coefficient (Wildman–Crippen LogP) is 3.91. The summed E-state index contributed by atoms with van der Waals surface area (Å²) in [5.41, 5.74) is 0.328. The molecule has 0 aliphatic carbocycles. The van der Waals surface area contributed by atoms with E-state index in [1.165, 1.54) is 6.07 Å². The molecule has 0 fully saturated rings. The Morgan fingerprint density at radius 3 is 2.45 bits per heavy atom. The van der Waals surface area contributed by atoms with E-state index in [0.717, 1.165) is 6.42 Å². The normalized spacial score (nSPS) is 13.3. The number of nitrogens with zero attached hydrogens (tertiary/aromatic N) is 1. The maximum Gasteiger partial charge on any atom is 0.418 e. The van der Waals surface area contributed by atoms with Gasteiger partial charge in [0.25, 0.3) is 0 Å². The molecule has 0 aliphatic rings. The van der Waals surface area contributed by atoms with Gasteiger partial charge < -0.3 is 10.2 Å². The summed E-state index contributed by atoms with van der Waals surface area (Å²) >= 11 is 0. The number of hydrogen-bond acceptors (Lipinski definition) is 2. The van der Waals surface area contributed by atoms with E-state index < -0.39 is 11.7 Å². The molecule has 1 rings (SSSR count). The fraction of sp³-hybridized carbons (Fsp3) is 0.600. The van der Waals surface area contributed by atoms with Gasteiger partial charge >= 0.3 is 6.18 Å². The first kappa shape index (κ1) is 16.8. The van der Waals surface area contributed by atoms with Crippen LogP contribution in [0.2, 0.25) is 0 Å². The monoisotopic (exact) mass is 288 g/mol. The molecule has 2 nitrogen and oxygen atoms in total. The van der Waals surface area contributed by atoms with E-state index in [2.05, 4.69) is 5.32 Å². The van der Waals surface area contributed by atoms with Crippen molar-refractivity contribution in [2.45, 2.75) is 33.0 Å². The smallest absolute Gasteiger partial charge is 0.374 e. The van der Waals surface area contributed by atoms with Crippen LogP contribution in [0.5, 0.6) is 0 Å². The van der Waals surface area contributed by atoms with Crippen molar-refractivity contribution < 1.29 is 13.2 Å². The summed E-state index contributed by atoms with van der Waals surface area (Å²) in [5.74, 6) is 0.359. The van der Waals surface area contributed by atoms with Crippen LogP contribution in [0, 0.1) is 5.92 Å². The highest BCUT2D eigenvalue weighted by atomic mass is 19.4. The summed E-state index contributed by atoms with van der Waals surface area (Å²) in [5, 5.41) is 2.87. The Kier molecular flexibility index (Phi) is 5.87. The van der Waals surface area contributed by atoms with Crippen molar-refractivity contribution in [3.63, 3.8) is 0 Å². The second-order valence-electron chi connectivity index (χ2n) is 5.27. The first-order valence-electron chi connectivity index (χ1n) is 6.85. The lowest BCUT2D eigenvalue weighted by molar-refractivity contribution is -0.137. The van der Waals surface area contributed by atoms with Crippen molar-refractivity contribution in [3.05, 3.63) is 29.3 Å². The summed E-state index contributed by atoms with van der Waals surface area (Å²) in [4.78, 5) is 1.69. The molecule has 1 atom stereocenters. The van der Waals surface area contributed by atoms with Crippen LogP contribution in [-0.4, -0.2) is 20.6 Å². The molecule has 0 aromatic heterocycles. The molecule has 0 saturated heterocycles. The van der Waals surface area contributed by atoms with Crippen LogP contribution >= 0.6 is 0 Å². The highest BCUT2D eigenvalue weighted by Gasteiger charge is 2.34. The average molecular weight is 288 g/mol. The van der Waals surface area contributed by atoms with E-state index in [4.69, 9.17) is 0 Å². The number of anilines is 1. The van der Waals surface area contributed by atoms with Gasteiger partial charge in [0, 0.05) is 25.8 Å². The second-order valence-corrected chi connectivity index (χ2v) is 5.27. The standard InChI is InChI=1S/C15H23F3N2/c1-5-11(2)10-20(4)14-7-6-12(9-19-3)8-13(14)15(16,17)18/h6-8,11,19H,5,9-10H2,1-4H3. The van der Waals surface area contributed by atoms with Gasteiger partial charge in [0.1, 0.15) is 0 Å². The number of halogens is 3. The fourth-order valence-corrected chi connectivity index (χ4v) is 2.15. The Morgan fingerprint density at radius 1 is 1.30 bits per heavy atom. The molecule has 20 heavy (non-hydrogen) atoms. The van der Waals surface area contributed by atoms with Crippen molar-refractivity contribution in [1.82, 2.24) is 5.32 Å². The molecule has 0 aliphatic heterocycles. The molecule has 1 N–H and O–H groups in total. The first-order valence-corrected chi connectivity index (χ1v) is 6.85. The minimum Gasteiger partial charge on any atom is -0.374 e. The molecule has 0 amide bonds. The summed E-state index contributed by atoms with van der Waals surface area (Å²) in [6, 6.07) is 4.55. The van der Waals surface area contributed by atoms with Crippen LogP contribution < -0.4 is 10.2 Å². The maximum atomic E-state index is 13.2. The Bertz CT molecular complexity index is 430. The van der Waals surface area contributed by atoms with Gasteiger partial charge in [-0.25, -0.2) is 0 Å². The van der Waals surface area contributed by atoms with E-state index >= 15 is 0 Å². The third-order valence-electron chi connectivity index (χ3n) is 3.44. The zero-order valence-corrected chi connectivity index (χ0v) is 12.5. The molecule has 1 aromatic carbocycles. The zero-order chi connectivity index (χ0) is 15.3. The highest BCUT2D eigenvalue weighted by Crippen LogP contribution is 2.37. The molecule has 1 unspecified atom stereocenters. The summed E-state index contributed by atoms with van der Waals surface area (Å²) < 4.78 is 39.6. The largest absolute Gasteiger partial charge is 0.418 e. The summed E-state index contributed by atoms with van der Waals surface area (Å²) in [6.45, 7) is 5.13. The van der Waals surface area contributed by atoms with Gasteiger partial charge in [0.05, 0.1) is 5.56 Å². The van der Waals surface area contributed by atoms with Crippen LogP contribution in [-0.2, 0) is 12.7 Å². The van der Waals surface area contributed by atoms with Gasteiger partial charge in [0.15, 0.2) is 0 Å².